The van der Waals surface area contributed by atoms with Gasteiger partial charge >= 0.3 is 6.01 Å². The lowest BCUT2D eigenvalue weighted by Crippen LogP contribution is -2.30. The van der Waals surface area contributed by atoms with Crippen LogP contribution < -0.4 is 10.2 Å². The van der Waals surface area contributed by atoms with Gasteiger partial charge in [0.05, 0.1) is 26.4 Å². The summed E-state index contributed by atoms with van der Waals surface area (Å²) in [6.07, 6.45) is 0. The van der Waals surface area contributed by atoms with E-state index in [0.717, 1.165) is 6.54 Å². The first-order valence-corrected chi connectivity index (χ1v) is 6.18. The van der Waals surface area contributed by atoms with Crippen LogP contribution in [0.4, 0.5) is 6.01 Å². The monoisotopic (exact) mass is 274 g/mol. The van der Waals surface area contributed by atoms with Gasteiger partial charge in [0.2, 0.25) is 5.89 Å². The molecule has 0 fully saturated rings. The van der Waals surface area contributed by atoms with E-state index in [9.17, 15) is 0 Å². The molecule has 0 bridgehead atoms. The van der Waals surface area contributed by atoms with Crippen molar-refractivity contribution in [1.29, 1.82) is 0 Å². The van der Waals surface area contributed by atoms with E-state index in [-0.39, 0.29) is 6.61 Å². The number of aliphatic hydroxyl groups excluding tert-OH is 1. The van der Waals surface area contributed by atoms with Crippen LogP contribution in [0.1, 0.15) is 5.89 Å². The Morgan fingerprint density at radius 2 is 2.00 bits per heavy atom. The van der Waals surface area contributed by atoms with E-state index in [4.69, 9.17) is 19.0 Å². The average molecular weight is 274 g/mol. The second kappa shape index (κ2) is 9.68. The Morgan fingerprint density at radius 3 is 2.68 bits per heavy atom. The Bertz CT molecular complexity index is 334. The quantitative estimate of drug-likeness (QED) is 0.509. The summed E-state index contributed by atoms with van der Waals surface area (Å²) in [4.78, 5) is 1.79. The molecule has 0 spiro atoms. The summed E-state index contributed by atoms with van der Waals surface area (Å²) in [6.45, 7) is 3.42. The third-order valence-electron chi connectivity index (χ3n) is 2.42. The summed E-state index contributed by atoms with van der Waals surface area (Å²) in [5, 5.41) is 20.0. The molecule has 0 aromatic carbocycles. The molecule has 1 heterocycles. The lowest BCUT2D eigenvalue weighted by atomic mass is 10.5. The van der Waals surface area contributed by atoms with E-state index in [1.165, 1.54) is 0 Å². The van der Waals surface area contributed by atoms with E-state index >= 15 is 0 Å². The normalized spacial score (nSPS) is 10.9. The smallest absolute Gasteiger partial charge is 0.318 e. The Kier molecular flexibility index (Phi) is 8.07. The van der Waals surface area contributed by atoms with Crippen molar-refractivity contribution >= 4 is 6.01 Å². The molecule has 110 valence electrons. The van der Waals surface area contributed by atoms with Crippen molar-refractivity contribution in [2.45, 2.75) is 6.54 Å². The maximum absolute atomic E-state index is 9.01. The topological polar surface area (TPSA) is 92.9 Å². The van der Waals surface area contributed by atoms with Crippen LogP contribution in [0.15, 0.2) is 4.42 Å². The minimum atomic E-state index is 0.0213. The maximum Gasteiger partial charge on any atom is 0.318 e. The molecule has 8 nitrogen and oxygen atoms in total. The molecule has 1 aromatic rings. The van der Waals surface area contributed by atoms with Gasteiger partial charge in [0.25, 0.3) is 0 Å². The number of anilines is 1. The Hall–Kier alpha value is -1.22. The number of nitrogens with one attached hydrogen (secondary N) is 1. The first kappa shape index (κ1) is 15.8. The SMILES string of the molecule is COCCNCc1nnc(N(CCO)CCOC)o1. The van der Waals surface area contributed by atoms with Crippen molar-refractivity contribution in [3.05, 3.63) is 5.89 Å². The van der Waals surface area contributed by atoms with Gasteiger partial charge in [0.1, 0.15) is 0 Å². The summed E-state index contributed by atoms with van der Waals surface area (Å²) in [6, 6.07) is 0.398. The first-order chi connectivity index (χ1) is 9.31. The molecule has 0 aliphatic rings. The van der Waals surface area contributed by atoms with Gasteiger partial charge < -0.3 is 29.2 Å². The number of hydrogen-bond donors (Lipinski definition) is 2. The third kappa shape index (κ3) is 5.97. The molecule has 1 aromatic heterocycles. The number of nitrogens with zero attached hydrogens (tertiary/aromatic N) is 3. The average Bonchev–Trinajstić information content (AvgIpc) is 2.88. The second-order valence-electron chi connectivity index (χ2n) is 3.85. The predicted octanol–water partition coefficient (Wildman–Crippen LogP) is -0.749. The molecule has 0 saturated heterocycles. The maximum atomic E-state index is 9.01. The largest absolute Gasteiger partial charge is 0.407 e. The minimum Gasteiger partial charge on any atom is -0.407 e. The van der Waals surface area contributed by atoms with E-state index in [2.05, 4.69) is 15.5 Å². The molecule has 19 heavy (non-hydrogen) atoms. The molecule has 1 rings (SSSR count). The molecule has 0 saturated carbocycles. The number of ether oxygens (including phenoxy) is 2. The molecule has 0 amide bonds. The van der Waals surface area contributed by atoms with Crippen molar-refractivity contribution < 1.29 is 19.0 Å². The first-order valence-electron chi connectivity index (χ1n) is 6.18. The zero-order chi connectivity index (χ0) is 13.9. The lowest BCUT2D eigenvalue weighted by Gasteiger charge is -2.17. The van der Waals surface area contributed by atoms with Crippen LogP contribution in [0.25, 0.3) is 0 Å². The molecule has 0 unspecified atom stereocenters. The van der Waals surface area contributed by atoms with Crippen LogP contribution in [0.2, 0.25) is 0 Å². The molecule has 0 aliphatic carbocycles. The minimum absolute atomic E-state index is 0.0213. The lowest BCUT2D eigenvalue weighted by molar-refractivity contribution is 0.197. The van der Waals surface area contributed by atoms with Crippen LogP contribution in [0.5, 0.6) is 0 Å². The fourth-order valence-electron chi connectivity index (χ4n) is 1.44. The predicted molar refractivity (Wildman–Crippen MR) is 69.1 cm³/mol. The highest BCUT2D eigenvalue weighted by atomic mass is 16.5. The van der Waals surface area contributed by atoms with Gasteiger partial charge in [-0.2, -0.15) is 0 Å². The second-order valence-corrected chi connectivity index (χ2v) is 3.85. The van der Waals surface area contributed by atoms with Gasteiger partial charge in [0.15, 0.2) is 0 Å². The summed E-state index contributed by atoms with van der Waals surface area (Å²) in [5.74, 6) is 0.506. The molecule has 0 atom stereocenters. The van der Waals surface area contributed by atoms with Crippen LogP contribution in [-0.4, -0.2) is 69.0 Å². The van der Waals surface area contributed by atoms with Gasteiger partial charge in [-0.15, -0.1) is 5.10 Å². The van der Waals surface area contributed by atoms with Crippen LogP contribution in [-0.2, 0) is 16.0 Å². The van der Waals surface area contributed by atoms with Crippen molar-refractivity contribution in [1.82, 2.24) is 15.5 Å². The highest BCUT2D eigenvalue weighted by Gasteiger charge is 2.13. The van der Waals surface area contributed by atoms with E-state index in [1.54, 1.807) is 19.1 Å². The van der Waals surface area contributed by atoms with Gasteiger partial charge in [0, 0.05) is 33.9 Å². The Labute approximate surface area is 112 Å². The van der Waals surface area contributed by atoms with Crippen LogP contribution in [0, 0.1) is 0 Å². The fourth-order valence-corrected chi connectivity index (χ4v) is 1.44. The van der Waals surface area contributed by atoms with E-state index < -0.39 is 0 Å². The number of methoxy groups -OCH3 is 2. The fraction of sp³-hybridized carbons (Fsp3) is 0.818. The van der Waals surface area contributed by atoms with Gasteiger partial charge in [-0.25, -0.2) is 0 Å². The molecule has 8 heteroatoms. The highest BCUT2D eigenvalue weighted by Crippen LogP contribution is 2.11. The Morgan fingerprint density at radius 1 is 1.21 bits per heavy atom. The number of aromatic nitrogens is 2. The van der Waals surface area contributed by atoms with E-state index in [0.29, 0.717) is 44.8 Å². The van der Waals surface area contributed by atoms with Crippen molar-refractivity contribution in [3.63, 3.8) is 0 Å². The van der Waals surface area contributed by atoms with Crippen molar-refractivity contribution in [2.24, 2.45) is 0 Å². The van der Waals surface area contributed by atoms with E-state index in [1.807, 2.05) is 0 Å². The third-order valence-corrected chi connectivity index (χ3v) is 2.42. The molecular formula is C11H22N4O4. The van der Waals surface area contributed by atoms with Crippen LogP contribution >= 0.6 is 0 Å². The van der Waals surface area contributed by atoms with Crippen molar-refractivity contribution in [3.8, 4) is 0 Å². The Balaban J connectivity index is 2.44. The van der Waals surface area contributed by atoms with Crippen molar-refractivity contribution in [2.75, 3.05) is 58.6 Å². The summed E-state index contributed by atoms with van der Waals surface area (Å²) >= 11 is 0. The summed E-state index contributed by atoms with van der Waals surface area (Å²) in [7, 11) is 3.27. The van der Waals surface area contributed by atoms with Gasteiger partial charge in [-0.3, -0.25) is 0 Å². The summed E-state index contributed by atoms with van der Waals surface area (Å²) in [5.41, 5.74) is 0. The number of aliphatic hydroxyl groups is 1. The molecular weight excluding hydrogens is 252 g/mol. The number of rotatable bonds is 11. The van der Waals surface area contributed by atoms with Gasteiger partial charge in [-0.1, -0.05) is 5.10 Å². The van der Waals surface area contributed by atoms with Gasteiger partial charge in [-0.05, 0) is 0 Å². The highest BCUT2D eigenvalue weighted by molar-refractivity contribution is 5.23. The van der Waals surface area contributed by atoms with Crippen LogP contribution in [0.3, 0.4) is 0 Å². The molecule has 0 aliphatic heterocycles. The standard InChI is InChI=1S/C11H22N4O4/c1-17-7-3-12-9-10-13-14-11(19-10)15(4-6-16)5-8-18-2/h12,16H,3-9H2,1-2H3. The zero-order valence-corrected chi connectivity index (χ0v) is 11.5. The zero-order valence-electron chi connectivity index (χ0n) is 11.5. The number of hydrogen-bond acceptors (Lipinski definition) is 8. The molecule has 2 N–H and O–H groups in total. The molecule has 0 radical (unpaired) electrons. The summed E-state index contributed by atoms with van der Waals surface area (Å²) < 4.78 is 15.4.